The smallest absolute Gasteiger partial charge is 0.409 e. The molecular weight excluding hydrogens is 424 g/mol. The van der Waals surface area contributed by atoms with Gasteiger partial charge in [0.2, 0.25) is 12.7 Å². The topological polar surface area (TPSA) is 110 Å². The fourth-order valence-corrected chi connectivity index (χ4v) is 3.98. The van der Waals surface area contributed by atoms with Gasteiger partial charge in [-0.3, -0.25) is 14.9 Å². The molecule has 0 bridgehead atoms. The maximum Gasteiger partial charge on any atom is 0.409 e. The Hall–Kier alpha value is -3.34. The van der Waals surface area contributed by atoms with Gasteiger partial charge in [0.25, 0.3) is 5.91 Å². The number of rotatable bonds is 5. The predicted octanol–water partition coefficient (Wildman–Crippen LogP) is 1.97. The first-order chi connectivity index (χ1) is 15.0. The molecule has 2 aromatic rings. The molecule has 0 saturated carbocycles. The van der Waals surface area contributed by atoms with Gasteiger partial charge in [-0.1, -0.05) is 0 Å². The van der Waals surface area contributed by atoms with Crippen LogP contribution in [-0.4, -0.2) is 72.3 Å². The summed E-state index contributed by atoms with van der Waals surface area (Å²) in [6, 6.07) is 4.95. The molecule has 3 amide bonds. The summed E-state index contributed by atoms with van der Waals surface area (Å²) >= 11 is 1.26. The number of ether oxygens (including phenoxy) is 3. The van der Waals surface area contributed by atoms with Gasteiger partial charge in [0.15, 0.2) is 16.6 Å². The van der Waals surface area contributed by atoms with E-state index in [0.29, 0.717) is 60.7 Å². The molecular formula is C20H22N4O6S. The molecule has 0 unspecified atom stereocenters. The largest absolute Gasteiger partial charge is 0.454 e. The molecule has 1 saturated heterocycles. The summed E-state index contributed by atoms with van der Waals surface area (Å²) in [5.41, 5.74) is 1.01. The highest BCUT2D eigenvalue weighted by atomic mass is 32.1. The zero-order chi connectivity index (χ0) is 21.8. The van der Waals surface area contributed by atoms with Crippen LogP contribution in [0.25, 0.3) is 0 Å². The number of thiazole rings is 1. The lowest BCUT2D eigenvalue weighted by Crippen LogP contribution is -2.51. The van der Waals surface area contributed by atoms with Gasteiger partial charge in [-0.25, -0.2) is 9.78 Å². The van der Waals surface area contributed by atoms with Crippen molar-refractivity contribution in [3.05, 3.63) is 34.8 Å². The summed E-state index contributed by atoms with van der Waals surface area (Å²) < 4.78 is 15.5. The summed E-state index contributed by atoms with van der Waals surface area (Å²) in [6.45, 7) is 4.02. The number of carbonyl (C=O) groups excluding carboxylic acids is 3. The van der Waals surface area contributed by atoms with E-state index in [9.17, 15) is 14.4 Å². The zero-order valence-corrected chi connectivity index (χ0v) is 17.8. The Kier molecular flexibility index (Phi) is 6.21. The number of anilines is 1. The fraction of sp³-hybridized carbons (Fsp3) is 0.400. The first kappa shape index (κ1) is 20.9. The second kappa shape index (κ2) is 9.21. The van der Waals surface area contributed by atoms with Gasteiger partial charge in [0, 0.05) is 37.1 Å². The van der Waals surface area contributed by atoms with Crippen molar-refractivity contribution < 1.29 is 28.6 Å². The Morgan fingerprint density at radius 2 is 1.87 bits per heavy atom. The third-order valence-corrected chi connectivity index (χ3v) is 5.70. The predicted molar refractivity (Wildman–Crippen MR) is 112 cm³/mol. The van der Waals surface area contributed by atoms with Crippen LogP contribution in [0.5, 0.6) is 11.5 Å². The monoisotopic (exact) mass is 446 g/mol. The van der Waals surface area contributed by atoms with E-state index >= 15 is 0 Å². The molecule has 1 aromatic carbocycles. The third-order valence-electron chi connectivity index (χ3n) is 4.90. The van der Waals surface area contributed by atoms with Gasteiger partial charge in [-0.05, 0) is 25.1 Å². The number of amides is 3. The maximum atomic E-state index is 12.6. The molecule has 1 fully saturated rings. The molecule has 0 spiro atoms. The van der Waals surface area contributed by atoms with Gasteiger partial charge in [0.05, 0.1) is 18.7 Å². The SMILES string of the molecule is CCOC(=O)N1CCN(C(=O)Cc2csc(NC(=O)c3ccc4c(c3)OCO4)n2)CC1. The highest BCUT2D eigenvalue weighted by molar-refractivity contribution is 7.14. The number of nitrogens with one attached hydrogen (secondary N) is 1. The highest BCUT2D eigenvalue weighted by Crippen LogP contribution is 2.32. The van der Waals surface area contributed by atoms with Crippen molar-refractivity contribution in [1.82, 2.24) is 14.8 Å². The molecule has 0 atom stereocenters. The molecule has 4 rings (SSSR count). The molecule has 1 aromatic heterocycles. The van der Waals surface area contributed by atoms with Crippen LogP contribution in [0.3, 0.4) is 0 Å². The summed E-state index contributed by atoms with van der Waals surface area (Å²) in [5, 5.41) is 4.91. The van der Waals surface area contributed by atoms with Crippen LogP contribution in [0, 0.1) is 0 Å². The van der Waals surface area contributed by atoms with Crippen LogP contribution >= 0.6 is 11.3 Å². The minimum atomic E-state index is -0.350. The van der Waals surface area contributed by atoms with E-state index in [1.807, 2.05) is 0 Å². The summed E-state index contributed by atoms with van der Waals surface area (Å²) in [4.78, 5) is 44.5. The van der Waals surface area contributed by atoms with Crippen molar-refractivity contribution >= 4 is 34.4 Å². The number of hydrogen-bond donors (Lipinski definition) is 1. The maximum absolute atomic E-state index is 12.6. The third kappa shape index (κ3) is 4.88. The average Bonchev–Trinajstić information content (AvgIpc) is 3.42. The number of piperazine rings is 1. The van der Waals surface area contributed by atoms with Gasteiger partial charge < -0.3 is 24.0 Å². The Balaban J connectivity index is 1.28. The lowest BCUT2D eigenvalue weighted by atomic mass is 10.2. The van der Waals surface area contributed by atoms with Crippen LogP contribution in [0.15, 0.2) is 23.6 Å². The van der Waals surface area contributed by atoms with Gasteiger partial charge >= 0.3 is 6.09 Å². The number of benzene rings is 1. The van der Waals surface area contributed by atoms with Gasteiger partial charge in [-0.15, -0.1) is 11.3 Å². The highest BCUT2D eigenvalue weighted by Gasteiger charge is 2.25. The Labute approximate surface area is 182 Å². The van der Waals surface area contributed by atoms with Crippen molar-refractivity contribution in [1.29, 1.82) is 0 Å². The van der Waals surface area contributed by atoms with Crippen molar-refractivity contribution in [2.75, 3.05) is 44.9 Å². The average molecular weight is 446 g/mol. The first-order valence-electron chi connectivity index (χ1n) is 9.88. The summed E-state index contributed by atoms with van der Waals surface area (Å²) in [7, 11) is 0. The van der Waals surface area contributed by atoms with Crippen molar-refractivity contribution in [2.24, 2.45) is 0 Å². The van der Waals surface area contributed by atoms with E-state index < -0.39 is 0 Å². The van der Waals surface area contributed by atoms with E-state index in [0.717, 1.165) is 0 Å². The van der Waals surface area contributed by atoms with E-state index in [1.54, 1.807) is 40.3 Å². The van der Waals surface area contributed by atoms with Gasteiger partial charge in [-0.2, -0.15) is 0 Å². The number of hydrogen-bond acceptors (Lipinski definition) is 8. The van der Waals surface area contributed by atoms with E-state index in [4.69, 9.17) is 14.2 Å². The van der Waals surface area contributed by atoms with Crippen LogP contribution < -0.4 is 14.8 Å². The molecule has 10 nitrogen and oxygen atoms in total. The Morgan fingerprint density at radius 3 is 2.65 bits per heavy atom. The standard InChI is InChI=1S/C20H22N4O6S/c1-2-28-20(27)24-7-5-23(6-8-24)17(25)10-14-11-31-19(21-14)22-18(26)13-3-4-15-16(9-13)30-12-29-15/h3-4,9,11H,2,5-8,10,12H2,1H3,(H,21,22,26). The second-order valence-electron chi connectivity index (χ2n) is 6.91. The number of fused-ring (bicyclic) bond motifs is 1. The molecule has 2 aliphatic heterocycles. The Morgan fingerprint density at radius 1 is 1.13 bits per heavy atom. The minimum absolute atomic E-state index is 0.0672. The van der Waals surface area contributed by atoms with Crippen LogP contribution in [0.1, 0.15) is 23.0 Å². The molecule has 0 aliphatic carbocycles. The molecule has 11 heteroatoms. The van der Waals surface area contributed by atoms with Crippen molar-refractivity contribution in [3.63, 3.8) is 0 Å². The molecule has 31 heavy (non-hydrogen) atoms. The van der Waals surface area contributed by atoms with E-state index in [2.05, 4.69) is 10.3 Å². The second-order valence-corrected chi connectivity index (χ2v) is 7.77. The van der Waals surface area contributed by atoms with Crippen LogP contribution in [0.4, 0.5) is 9.93 Å². The van der Waals surface area contributed by atoms with Gasteiger partial charge in [0.1, 0.15) is 0 Å². The molecule has 1 N–H and O–H groups in total. The molecule has 3 heterocycles. The number of nitrogens with zero attached hydrogens (tertiary/aromatic N) is 3. The van der Waals surface area contributed by atoms with Crippen LogP contribution in [-0.2, 0) is 16.0 Å². The summed E-state index contributed by atoms with van der Waals surface area (Å²) in [6.07, 6.45) is -0.215. The lowest BCUT2D eigenvalue weighted by Gasteiger charge is -2.34. The molecule has 0 radical (unpaired) electrons. The quantitative estimate of drug-likeness (QED) is 0.748. The minimum Gasteiger partial charge on any atom is -0.454 e. The molecule has 164 valence electrons. The zero-order valence-electron chi connectivity index (χ0n) is 17.0. The van der Waals surface area contributed by atoms with Crippen molar-refractivity contribution in [2.45, 2.75) is 13.3 Å². The number of carbonyl (C=O) groups is 3. The Bertz CT molecular complexity index is 986. The lowest BCUT2D eigenvalue weighted by molar-refractivity contribution is -0.132. The van der Waals surface area contributed by atoms with E-state index in [-0.39, 0.29) is 31.1 Å². The summed E-state index contributed by atoms with van der Waals surface area (Å²) in [5.74, 6) is 0.749. The van der Waals surface area contributed by atoms with Crippen molar-refractivity contribution in [3.8, 4) is 11.5 Å². The van der Waals surface area contributed by atoms with E-state index in [1.165, 1.54) is 11.3 Å². The normalized spacial score (nSPS) is 15.0. The van der Waals surface area contributed by atoms with Crippen LogP contribution in [0.2, 0.25) is 0 Å². The first-order valence-corrected chi connectivity index (χ1v) is 10.8. The fourth-order valence-electron chi connectivity index (χ4n) is 3.27. The molecule has 2 aliphatic rings. The number of aromatic nitrogens is 1.